The van der Waals surface area contributed by atoms with E-state index < -0.39 is 6.04 Å². The number of hydrogen-bond donors (Lipinski definition) is 1. The van der Waals surface area contributed by atoms with Crippen LogP contribution in [0.15, 0.2) is 28.7 Å². The Morgan fingerprint density at radius 1 is 1.35 bits per heavy atom. The van der Waals surface area contributed by atoms with E-state index in [1.807, 2.05) is 24.3 Å². The van der Waals surface area contributed by atoms with Crippen LogP contribution in [0, 0.1) is 0 Å². The molecule has 0 aliphatic rings. The molecule has 1 aromatic carbocycles. The Morgan fingerprint density at radius 2 is 2.00 bits per heavy atom. The first kappa shape index (κ1) is 14.2. The van der Waals surface area contributed by atoms with Gasteiger partial charge in [0.15, 0.2) is 0 Å². The molecule has 0 fully saturated rings. The van der Waals surface area contributed by atoms with Gasteiger partial charge in [0.25, 0.3) is 0 Å². The van der Waals surface area contributed by atoms with Crippen LogP contribution >= 0.6 is 15.9 Å². The molecule has 94 valence electrons. The molecule has 0 heterocycles. The van der Waals surface area contributed by atoms with Crippen molar-refractivity contribution in [1.82, 2.24) is 5.32 Å². The minimum atomic E-state index is -0.455. The molecule has 17 heavy (non-hydrogen) atoms. The van der Waals surface area contributed by atoms with Gasteiger partial charge in [0.1, 0.15) is 6.04 Å². The smallest absolute Gasteiger partial charge is 0.327 e. The molecule has 0 aliphatic heterocycles. The van der Waals surface area contributed by atoms with Gasteiger partial charge in [-0.15, -0.1) is 0 Å². The molecular weight excluding hydrogens is 286 g/mol. The third kappa shape index (κ3) is 4.46. The highest BCUT2D eigenvalue weighted by Crippen LogP contribution is 2.17. The molecule has 0 spiro atoms. The Balaban J connectivity index is 2.74. The van der Waals surface area contributed by atoms with Gasteiger partial charge in [-0.25, -0.2) is 4.79 Å². The van der Waals surface area contributed by atoms with Gasteiger partial charge in [-0.3, -0.25) is 5.32 Å². The van der Waals surface area contributed by atoms with E-state index in [0.29, 0.717) is 13.2 Å². The average molecular weight is 302 g/mol. The van der Waals surface area contributed by atoms with Crippen molar-refractivity contribution in [3.63, 3.8) is 0 Å². The molecule has 5 heteroatoms. The van der Waals surface area contributed by atoms with Crippen LogP contribution in [0.1, 0.15) is 11.6 Å². The predicted octanol–water partition coefficient (Wildman–Crippen LogP) is 1.90. The number of ether oxygens (including phenoxy) is 2. The van der Waals surface area contributed by atoms with E-state index >= 15 is 0 Å². The van der Waals surface area contributed by atoms with Crippen LogP contribution in [0.4, 0.5) is 0 Å². The van der Waals surface area contributed by atoms with Crippen molar-refractivity contribution in [2.45, 2.75) is 6.04 Å². The molecule has 1 unspecified atom stereocenters. The zero-order chi connectivity index (χ0) is 12.7. The molecule has 0 bridgehead atoms. The minimum Gasteiger partial charge on any atom is -0.468 e. The number of halogens is 1. The highest BCUT2D eigenvalue weighted by molar-refractivity contribution is 9.10. The Hall–Kier alpha value is -0.910. The lowest BCUT2D eigenvalue weighted by Crippen LogP contribution is -2.31. The number of carbonyl (C=O) groups is 1. The van der Waals surface area contributed by atoms with Crippen molar-refractivity contribution in [1.29, 1.82) is 0 Å². The van der Waals surface area contributed by atoms with Crippen LogP contribution < -0.4 is 5.32 Å². The van der Waals surface area contributed by atoms with Gasteiger partial charge in [0.2, 0.25) is 0 Å². The Kier molecular flexibility index (Phi) is 6.18. The zero-order valence-corrected chi connectivity index (χ0v) is 11.5. The lowest BCUT2D eigenvalue weighted by Gasteiger charge is -2.16. The van der Waals surface area contributed by atoms with Gasteiger partial charge in [0, 0.05) is 18.1 Å². The number of hydrogen-bond acceptors (Lipinski definition) is 4. The molecule has 1 atom stereocenters. The molecule has 0 radical (unpaired) electrons. The van der Waals surface area contributed by atoms with Gasteiger partial charge >= 0.3 is 5.97 Å². The third-order valence-electron chi connectivity index (χ3n) is 2.29. The summed E-state index contributed by atoms with van der Waals surface area (Å²) in [6, 6.07) is 7.09. The first-order valence-electron chi connectivity index (χ1n) is 5.24. The topological polar surface area (TPSA) is 47.6 Å². The Morgan fingerprint density at radius 3 is 2.53 bits per heavy atom. The predicted molar refractivity (Wildman–Crippen MR) is 68.8 cm³/mol. The van der Waals surface area contributed by atoms with E-state index in [1.165, 1.54) is 7.11 Å². The first-order chi connectivity index (χ1) is 8.19. The normalized spacial score (nSPS) is 12.2. The SMILES string of the molecule is COCCNC(C(=O)OC)c1ccc(Br)cc1. The van der Waals surface area contributed by atoms with Gasteiger partial charge in [-0.05, 0) is 17.7 Å². The van der Waals surface area contributed by atoms with Crippen molar-refractivity contribution in [3.8, 4) is 0 Å². The molecule has 1 N–H and O–H groups in total. The second kappa shape index (κ2) is 7.42. The van der Waals surface area contributed by atoms with E-state index in [1.54, 1.807) is 7.11 Å². The summed E-state index contributed by atoms with van der Waals surface area (Å²) in [5, 5.41) is 3.09. The van der Waals surface area contributed by atoms with Crippen LogP contribution in [0.3, 0.4) is 0 Å². The molecule has 0 saturated heterocycles. The van der Waals surface area contributed by atoms with Crippen molar-refractivity contribution < 1.29 is 14.3 Å². The minimum absolute atomic E-state index is 0.302. The van der Waals surface area contributed by atoms with Crippen LogP contribution in [-0.2, 0) is 14.3 Å². The van der Waals surface area contributed by atoms with E-state index in [2.05, 4.69) is 21.2 Å². The maximum Gasteiger partial charge on any atom is 0.327 e. The molecule has 0 saturated carbocycles. The summed E-state index contributed by atoms with van der Waals surface area (Å²) in [7, 11) is 3.00. The molecule has 0 amide bonds. The quantitative estimate of drug-likeness (QED) is 0.644. The molecule has 0 aliphatic carbocycles. The average Bonchev–Trinajstić information content (AvgIpc) is 2.35. The lowest BCUT2D eigenvalue weighted by molar-refractivity contribution is -0.143. The zero-order valence-electron chi connectivity index (χ0n) is 9.90. The standard InChI is InChI=1S/C12H16BrNO3/c1-16-8-7-14-11(12(15)17-2)9-3-5-10(13)6-4-9/h3-6,11,14H,7-8H2,1-2H3. The summed E-state index contributed by atoms with van der Waals surface area (Å²) in [5.74, 6) is -0.302. The molecule has 1 aromatic rings. The van der Waals surface area contributed by atoms with Crippen molar-refractivity contribution in [2.24, 2.45) is 0 Å². The second-order valence-electron chi connectivity index (χ2n) is 3.45. The van der Waals surface area contributed by atoms with Crippen molar-refractivity contribution in [2.75, 3.05) is 27.4 Å². The molecule has 4 nitrogen and oxygen atoms in total. The van der Waals surface area contributed by atoms with Gasteiger partial charge < -0.3 is 9.47 Å². The molecule has 0 aromatic heterocycles. The van der Waals surface area contributed by atoms with Crippen molar-refractivity contribution >= 4 is 21.9 Å². The lowest BCUT2D eigenvalue weighted by atomic mass is 10.1. The van der Waals surface area contributed by atoms with Crippen LogP contribution in [-0.4, -0.2) is 33.3 Å². The maximum absolute atomic E-state index is 11.7. The maximum atomic E-state index is 11.7. The fourth-order valence-electron chi connectivity index (χ4n) is 1.42. The van der Waals surface area contributed by atoms with Crippen LogP contribution in [0.25, 0.3) is 0 Å². The number of esters is 1. The highest BCUT2D eigenvalue weighted by atomic mass is 79.9. The van der Waals surface area contributed by atoms with E-state index in [4.69, 9.17) is 9.47 Å². The summed E-state index contributed by atoms with van der Waals surface area (Å²) in [6.45, 7) is 1.14. The molecule has 1 rings (SSSR count). The number of nitrogens with one attached hydrogen (secondary N) is 1. The number of methoxy groups -OCH3 is 2. The highest BCUT2D eigenvalue weighted by Gasteiger charge is 2.20. The van der Waals surface area contributed by atoms with Gasteiger partial charge in [0.05, 0.1) is 13.7 Å². The fraction of sp³-hybridized carbons (Fsp3) is 0.417. The van der Waals surface area contributed by atoms with E-state index in [9.17, 15) is 4.79 Å². The monoisotopic (exact) mass is 301 g/mol. The Labute approximate surface area is 109 Å². The summed E-state index contributed by atoms with van der Waals surface area (Å²) in [4.78, 5) is 11.7. The fourth-order valence-corrected chi connectivity index (χ4v) is 1.68. The Bertz CT molecular complexity index is 353. The van der Waals surface area contributed by atoms with E-state index in [0.717, 1.165) is 10.0 Å². The number of rotatable bonds is 6. The number of carbonyl (C=O) groups excluding carboxylic acids is 1. The van der Waals surface area contributed by atoms with Crippen LogP contribution in [0.5, 0.6) is 0 Å². The van der Waals surface area contributed by atoms with Crippen LogP contribution in [0.2, 0.25) is 0 Å². The molecular formula is C12H16BrNO3. The second-order valence-corrected chi connectivity index (χ2v) is 4.37. The van der Waals surface area contributed by atoms with E-state index in [-0.39, 0.29) is 5.97 Å². The third-order valence-corrected chi connectivity index (χ3v) is 2.82. The van der Waals surface area contributed by atoms with Gasteiger partial charge in [-0.1, -0.05) is 28.1 Å². The number of benzene rings is 1. The van der Waals surface area contributed by atoms with Crippen molar-refractivity contribution in [3.05, 3.63) is 34.3 Å². The summed E-state index contributed by atoms with van der Waals surface area (Å²) < 4.78 is 10.7. The summed E-state index contributed by atoms with van der Waals surface area (Å²) in [5.41, 5.74) is 0.871. The van der Waals surface area contributed by atoms with Gasteiger partial charge in [-0.2, -0.15) is 0 Å². The largest absolute Gasteiger partial charge is 0.468 e. The summed E-state index contributed by atoms with van der Waals surface area (Å²) in [6.07, 6.45) is 0. The first-order valence-corrected chi connectivity index (χ1v) is 6.04. The summed E-state index contributed by atoms with van der Waals surface area (Å²) >= 11 is 3.36.